The molecule has 1 aromatic carbocycles. The monoisotopic (exact) mass is 316 g/mol. The zero-order valence-corrected chi connectivity index (χ0v) is 13.4. The van der Waals surface area contributed by atoms with Crippen molar-refractivity contribution in [3.05, 3.63) is 23.8 Å². The van der Waals surface area contributed by atoms with Crippen LogP contribution in [0, 0.1) is 5.92 Å². The molecule has 4 rings (SSSR count). The summed E-state index contributed by atoms with van der Waals surface area (Å²) >= 11 is 0. The molecule has 3 atom stereocenters. The minimum atomic E-state index is 0.105. The van der Waals surface area contributed by atoms with E-state index in [0.29, 0.717) is 5.91 Å². The first-order valence-corrected chi connectivity index (χ1v) is 8.68. The van der Waals surface area contributed by atoms with Gasteiger partial charge in [-0.15, -0.1) is 0 Å². The Balaban J connectivity index is 1.53. The summed E-state index contributed by atoms with van der Waals surface area (Å²) in [5.74, 6) is 1.98. The maximum Gasteiger partial charge on any atom is 0.231 e. The second kappa shape index (κ2) is 6.04. The summed E-state index contributed by atoms with van der Waals surface area (Å²) in [6.07, 6.45) is 6.02. The number of fused-ring (bicyclic) bond motifs is 1. The fourth-order valence-corrected chi connectivity index (χ4v) is 4.18. The van der Waals surface area contributed by atoms with E-state index in [1.54, 1.807) is 0 Å². The Morgan fingerprint density at radius 3 is 2.87 bits per heavy atom. The van der Waals surface area contributed by atoms with Gasteiger partial charge in [-0.05, 0) is 49.8 Å². The van der Waals surface area contributed by atoms with E-state index in [1.165, 1.54) is 0 Å². The first-order valence-electron chi connectivity index (χ1n) is 8.68. The molecule has 0 bridgehead atoms. The van der Waals surface area contributed by atoms with Crippen LogP contribution in [0.5, 0.6) is 11.5 Å². The minimum absolute atomic E-state index is 0.105. The molecule has 1 saturated heterocycles. The molecule has 2 N–H and O–H groups in total. The van der Waals surface area contributed by atoms with Gasteiger partial charge in [0.1, 0.15) is 0 Å². The van der Waals surface area contributed by atoms with E-state index in [-0.39, 0.29) is 24.8 Å². The molecule has 23 heavy (non-hydrogen) atoms. The normalized spacial score (nSPS) is 29.8. The van der Waals surface area contributed by atoms with Gasteiger partial charge in [0.05, 0.1) is 6.04 Å². The van der Waals surface area contributed by atoms with E-state index >= 15 is 0 Å². The number of hydrogen-bond acceptors (Lipinski definition) is 4. The minimum Gasteiger partial charge on any atom is -0.454 e. The summed E-state index contributed by atoms with van der Waals surface area (Å²) in [5.41, 5.74) is 7.22. The van der Waals surface area contributed by atoms with Gasteiger partial charge < -0.3 is 20.1 Å². The number of benzene rings is 1. The quantitative estimate of drug-likeness (QED) is 0.911. The fraction of sp³-hybridized carbons (Fsp3) is 0.611. The van der Waals surface area contributed by atoms with E-state index in [0.717, 1.165) is 62.1 Å². The number of rotatable bonds is 2. The van der Waals surface area contributed by atoms with Gasteiger partial charge in [0.25, 0.3) is 0 Å². The van der Waals surface area contributed by atoms with Gasteiger partial charge >= 0.3 is 0 Å². The van der Waals surface area contributed by atoms with Crippen LogP contribution in [0.25, 0.3) is 0 Å². The van der Waals surface area contributed by atoms with E-state index in [4.69, 9.17) is 15.2 Å². The molecule has 1 aromatic rings. The fourth-order valence-electron chi connectivity index (χ4n) is 4.18. The van der Waals surface area contributed by atoms with Crippen LogP contribution in [-0.2, 0) is 4.79 Å². The van der Waals surface area contributed by atoms with Gasteiger partial charge in [-0.25, -0.2) is 0 Å². The van der Waals surface area contributed by atoms with E-state index in [9.17, 15) is 4.79 Å². The smallest absolute Gasteiger partial charge is 0.231 e. The van der Waals surface area contributed by atoms with Crippen LogP contribution in [0.4, 0.5) is 0 Å². The van der Waals surface area contributed by atoms with Crippen molar-refractivity contribution in [1.82, 2.24) is 4.90 Å². The van der Waals surface area contributed by atoms with Gasteiger partial charge in [0.15, 0.2) is 11.5 Å². The molecule has 0 radical (unpaired) electrons. The highest BCUT2D eigenvalue weighted by molar-refractivity contribution is 5.80. The molecule has 5 nitrogen and oxygen atoms in total. The van der Waals surface area contributed by atoms with Crippen molar-refractivity contribution in [2.75, 3.05) is 13.3 Å². The third kappa shape index (κ3) is 2.78. The van der Waals surface area contributed by atoms with Crippen LogP contribution < -0.4 is 15.2 Å². The number of nitrogens with zero attached hydrogens (tertiary/aromatic N) is 1. The van der Waals surface area contributed by atoms with Gasteiger partial charge in [0, 0.05) is 18.5 Å². The van der Waals surface area contributed by atoms with E-state index < -0.39 is 0 Å². The Hall–Kier alpha value is -1.75. The van der Waals surface area contributed by atoms with Crippen molar-refractivity contribution < 1.29 is 14.3 Å². The molecule has 0 spiro atoms. The number of nitrogens with two attached hydrogens (primary N) is 1. The Morgan fingerprint density at radius 2 is 2.00 bits per heavy atom. The van der Waals surface area contributed by atoms with Crippen LogP contribution in [0.15, 0.2) is 18.2 Å². The lowest BCUT2D eigenvalue weighted by Crippen LogP contribution is -2.40. The number of carbonyl (C=O) groups is 1. The largest absolute Gasteiger partial charge is 0.454 e. The molecule has 2 aliphatic heterocycles. The second-order valence-corrected chi connectivity index (χ2v) is 6.93. The number of carbonyl (C=O) groups excluding carboxylic acids is 1. The second-order valence-electron chi connectivity index (χ2n) is 6.93. The Bertz CT molecular complexity index is 604. The van der Waals surface area contributed by atoms with Crippen LogP contribution in [0.1, 0.15) is 50.1 Å². The molecular formula is C18H24N2O3. The van der Waals surface area contributed by atoms with E-state index in [2.05, 4.69) is 11.0 Å². The standard InChI is InChI=1S/C18H24N2O3/c19-14-4-1-3-13(9-14)18(21)20-8-2-5-15(20)12-6-7-16-17(10-12)23-11-22-16/h6-7,10,13-15H,1-5,8-9,11,19H2/t13-,14+,15+/m0/s1. The summed E-state index contributed by atoms with van der Waals surface area (Å²) in [5, 5.41) is 0. The van der Waals surface area contributed by atoms with Crippen LogP contribution in [0.2, 0.25) is 0 Å². The molecule has 1 amide bonds. The molecule has 1 saturated carbocycles. The average molecular weight is 316 g/mol. The topological polar surface area (TPSA) is 64.8 Å². The highest BCUT2D eigenvalue weighted by Crippen LogP contribution is 2.40. The third-order valence-electron chi connectivity index (χ3n) is 5.38. The van der Waals surface area contributed by atoms with Crippen molar-refractivity contribution in [2.24, 2.45) is 11.7 Å². The molecule has 124 valence electrons. The lowest BCUT2D eigenvalue weighted by atomic mass is 9.85. The Morgan fingerprint density at radius 1 is 1.13 bits per heavy atom. The van der Waals surface area contributed by atoms with Gasteiger partial charge in [-0.3, -0.25) is 4.79 Å². The van der Waals surface area contributed by atoms with Crippen molar-refractivity contribution >= 4 is 5.91 Å². The summed E-state index contributed by atoms with van der Waals surface area (Å²) in [6.45, 7) is 1.13. The first-order chi connectivity index (χ1) is 11.2. The molecule has 0 unspecified atom stereocenters. The zero-order chi connectivity index (χ0) is 15.8. The zero-order valence-electron chi connectivity index (χ0n) is 13.4. The SMILES string of the molecule is N[C@@H]1CCC[C@H](C(=O)N2CCC[C@@H]2c2ccc3c(c2)OCO3)C1. The van der Waals surface area contributed by atoms with Crippen molar-refractivity contribution in [3.8, 4) is 11.5 Å². The van der Waals surface area contributed by atoms with Crippen molar-refractivity contribution in [3.63, 3.8) is 0 Å². The lowest BCUT2D eigenvalue weighted by Gasteiger charge is -2.32. The maximum absolute atomic E-state index is 13.0. The predicted octanol–water partition coefficient (Wildman–Crippen LogP) is 2.60. The summed E-state index contributed by atoms with van der Waals surface area (Å²) in [7, 11) is 0. The third-order valence-corrected chi connectivity index (χ3v) is 5.38. The number of ether oxygens (including phenoxy) is 2. The average Bonchev–Trinajstić information content (AvgIpc) is 3.22. The summed E-state index contributed by atoms with van der Waals surface area (Å²) < 4.78 is 10.9. The van der Waals surface area contributed by atoms with Crippen molar-refractivity contribution in [2.45, 2.75) is 50.6 Å². The Kier molecular flexibility index (Phi) is 3.89. The lowest BCUT2D eigenvalue weighted by molar-refractivity contribution is -0.137. The van der Waals surface area contributed by atoms with Crippen LogP contribution >= 0.6 is 0 Å². The van der Waals surface area contributed by atoms with Crippen LogP contribution in [-0.4, -0.2) is 30.2 Å². The molecule has 0 aromatic heterocycles. The molecule has 1 aliphatic carbocycles. The van der Waals surface area contributed by atoms with Gasteiger partial charge in [-0.1, -0.05) is 12.5 Å². The maximum atomic E-state index is 13.0. The predicted molar refractivity (Wildman–Crippen MR) is 86.2 cm³/mol. The highest BCUT2D eigenvalue weighted by atomic mass is 16.7. The highest BCUT2D eigenvalue weighted by Gasteiger charge is 2.36. The summed E-state index contributed by atoms with van der Waals surface area (Å²) in [6, 6.07) is 6.40. The molecular weight excluding hydrogens is 292 g/mol. The van der Waals surface area contributed by atoms with Crippen LogP contribution in [0.3, 0.4) is 0 Å². The van der Waals surface area contributed by atoms with Gasteiger partial charge in [0.2, 0.25) is 12.7 Å². The summed E-state index contributed by atoms with van der Waals surface area (Å²) in [4.78, 5) is 15.0. The number of amides is 1. The molecule has 3 aliphatic rings. The van der Waals surface area contributed by atoms with Gasteiger partial charge in [-0.2, -0.15) is 0 Å². The Labute approximate surface area is 136 Å². The molecule has 2 heterocycles. The first kappa shape index (κ1) is 14.8. The number of likely N-dealkylation sites (tertiary alicyclic amines) is 1. The van der Waals surface area contributed by atoms with Crippen molar-refractivity contribution in [1.29, 1.82) is 0 Å². The molecule has 5 heteroatoms. The van der Waals surface area contributed by atoms with E-state index in [1.807, 2.05) is 12.1 Å². The molecule has 2 fully saturated rings. The number of hydrogen-bond donors (Lipinski definition) is 1.